The van der Waals surface area contributed by atoms with Crippen LogP contribution in [0.15, 0.2) is 42.0 Å². The van der Waals surface area contributed by atoms with Crippen LogP contribution in [-0.2, 0) is 4.79 Å². The summed E-state index contributed by atoms with van der Waals surface area (Å²) in [4.78, 5) is 27.6. The number of rotatable bonds is 6. The topological polar surface area (TPSA) is 87.4 Å². The average molecular weight is 398 g/mol. The number of nitrogens with zero attached hydrogens (tertiary/aromatic N) is 5. The first-order valence-corrected chi connectivity index (χ1v) is 10.3. The van der Waals surface area contributed by atoms with Gasteiger partial charge in [0.15, 0.2) is 5.96 Å². The summed E-state index contributed by atoms with van der Waals surface area (Å²) in [6.07, 6.45) is 8.89. The number of piperidine rings is 1. The van der Waals surface area contributed by atoms with E-state index >= 15 is 0 Å². The summed E-state index contributed by atoms with van der Waals surface area (Å²) in [6.45, 7) is 9.37. The van der Waals surface area contributed by atoms with Crippen LogP contribution in [0.5, 0.6) is 0 Å². The van der Waals surface area contributed by atoms with E-state index in [1.165, 1.54) is 0 Å². The summed E-state index contributed by atoms with van der Waals surface area (Å²) in [7, 11) is 0. The number of amides is 1. The van der Waals surface area contributed by atoms with E-state index in [1.54, 1.807) is 6.20 Å². The molecule has 2 unspecified atom stereocenters. The third-order valence-electron chi connectivity index (χ3n) is 5.24. The smallest absolute Gasteiger partial charge is 0.227 e. The van der Waals surface area contributed by atoms with Gasteiger partial charge in [-0.05, 0) is 37.8 Å². The van der Waals surface area contributed by atoms with Gasteiger partial charge in [0.25, 0.3) is 0 Å². The number of nitrogens with one attached hydrogen (secondary N) is 2. The Hall–Kier alpha value is -2.90. The number of likely N-dealkylation sites (tertiary alicyclic amines) is 1. The highest BCUT2D eigenvalue weighted by molar-refractivity contribution is 5.90. The molecule has 156 valence electrons. The number of hydrogen-bond acceptors (Lipinski definition) is 4. The van der Waals surface area contributed by atoms with Gasteiger partial charge in [0.05, 0.1) is 18.9 Å². The highest BCUT2D eigenvalue weighted by Crippen LogP contribution is 2.27. The van der Waals surface area contributed by atoms with E-state index in [0.29, 0.717) is 30.7 Å². The van der Waals surface area contributed by atoms with Gasteiger partial charge in [-0.1, -0.05) is 13.0 Å². The van der Waals surface area contributed by atoms with Gasteiger partial charge in [-0.2, -0.15) is 0 Å². The van der Waals surface area contributed by atoms with Crippen molar-refractivity contribution in [3.8, 4) is 0 Å². The Morgan fingerprint density at radius 1 is 1.38 bits per heavy atom. The van der Waals surface area contributed by atoms with Crippen LogP contribution in [0.25, 0.3) is 0 Å². The molecule has 1 fully saturated rings. The van der Waals surface area contributed by atoms with Crippen LogP contribution in [0.2, 0.25) is 0 Å². The zero-order valence-corrected chi connectivity index (χ0v) is 17.5. The van der Waals surface area contributed by atoms with Crippen molar-refractivity contribution in [1.29, 1.82) is 0 Å². The number of carbonyl (C=O) groups excluding carboxylic acids is 1. The Morgan fingerprint density at radius 2 is 2.24 bits per heavy atom. The molecule has 1 aliphatic heterocycles. The van der Waals surface area contributed by atoms with Crippen molar-refractivity contribution in [3.05, 3.63) is 42.6 Å². The lowest BCUT2D eigenvalue weighted by Gasteiger charge is -2.39. The number of guanidine groups is 1. The van der Waals surface area contributed by atoms with Crippen molar-refractivity contribution in [2.45, 2.75) is 39.7 Å². The highest BCUT2D eigenvalue weighted by atomic mass is 16.1. The largest absolute Gasteiger partial charge is 0.357 e. The zero-order valence-electron chi connectivity index (χ0n) is 17.5. The number of pyridine rings is 1. The molecule has 2 aromatic heterocycles. The van der Waals surface area contributed by atoms with Crippen LogP contribution in [0.3, 0.4) is 0 Å². The fraction of sp³-hybridized carbons (Fsp3) is 0.524. The third kappa shape index (κ3) is 5.79. The van der Waals surface area contributed by atoms with Gasteiger partial charge in [-0.15, -0.1) is 0 Å². The van der Waals surface area contributed by atoms with Gasteiger partial charge in [0.1, 0.15) is 5.82 Å². The first kappa shape index (κ1) is 20.8. The van der Waals surface area contributed by atoms with E-state index < -0.39 is 0 Å². The second kappa shape index (κ2) is 10.0. The molecule has 0 radical (unpaired) electrons. The second-order valence-electron chi connectivity index (χ2n) is 7.54. The lowest BCUT2D eigenvalue weighted by atomic mass is 9.93. The minimum absolute atomic E-state index is 0.0792. The number of imidazole rings is 1. The van der Waals surface area contributed by atoms with E-state index in [1.807, 2.05) is 37.8 Å². The summed E-state index contributed by atoms with van der Waals surface area (Å²) in [5.74, 6) is 1.94. The maximum Gasteiger partial charge on any atom is 0.227 e. The molecule has 0 spiro atoms. The first-order valence-electron chi connectivity index (χ1n) is 10.3. The SMILES string of the molecule is CCNC(=NCCC(=O)Nc1ccc(C)cn1)N1CCC(C)C(n2ccnc2)C1. The van der Waals surface area contributed by atoms with Gasteiger partial charge in [-0.25, -0.2) is 9.97 Å². The highest BCUT2D eigenvalue weighted by Gasteiger charge is 2.28. The van der Waals surface area contributed by atoms with Gasteiger partial charge in [0, 0.05) is 44.6 Å². The molecule has 1 aliphatic rings. The van der Waals surface area contributed by atoms with Crippen LogP contribution in [0.4, 0.5) is 5.82 Å². The molecule has 1 amide bonds. The first-order chi connectivity index (χ1) is 14.1. The second-order valence-corrected chi connectivity index (χ2v) is 7.54. The molecular formula is C21H31N7O. The molecule has 2 atom stereocenters. The van der Waals surface area contributed by atoms with Crippen LogP contribution >= 0.6 is 0 Å². The van der Waals surface area contributed by atoms with Gasteiger partial charge < -0.3 is 20.1 Å². The molecule has 2 aromatic rings. The monoisotopic (exact) mass is 397 g/mol. The minimum Gasteiger partial charge on any atom is -0.357 e. The van der Waals surface area contributed by atoms with Crippen LogP contribution in [-0.4, -0.2) is 57.5 Å². The Kier molecular flexibility index (Phi) is 7.21. The summed E-state index contributed by atoms with van der Waals surface area (Å²) < 4.78 is 2.18. The molecule has 8 heteroatoms. The summed E-state index contributed by atoms with van der Waals surface area (Å²) in [5, 5.41) is 6.19. The molecule has 29 heavy (non-hydrogen) atoms. The van der Waals surface area contributed by atoms with Gasteiger partial charge in [0.2, 0.25) is 5.91 Å². The Bertz CT molecular complexity index is 801. The van der Waals surface area contributed by atoms with Crippen LogP contribution < -0.4 is 10.6 Å². The molecule has 0 aliphatic carbocycles. The predicted octanol–water partition coefficient (Wildman–Crippen LogP) is 2.46. The molecule has 2 N–H and O–H groups in total. The maximum absolute atomic E-state index is 12.2. The minimum atomic E-state index is -0.0792. The van der Waals surface area contributed by atoms with E-state index in [-0.39, 0.29) is 5.91 Å². The number of aromatic nitrogens is 3. The molecule has 1 saturated heterocycles. The molecule has 3 heterocycles. The number of aliphatic imine (C=N–C) groups is 1. The van der Waals surface area contributed by atoms with Crippen molar-refractivity contribution >= 4 is 17.7 Å². The fourth-order valence-electron chi connectivity index (χ4n) is 3.53. The Morgan fingerprint density at radius 3 is 2.93 bits per heavy atom. The van der Waals surface area contributed by atoms with Crippen molar-refractivity contribution < 1.29 is 4.79 Å². The fourth-order valence-corrected chi connectivity index (χ4v) is 3.53. The normalized spacial score (nSPS) is 19.8. The quantitative estimate of drug-likeness (QED) is 0.578. The lowest BCUT2D eigenvalue weighted by molar-refractivity contribution is -0.116. The number of hydrogen-bond donors (Lipinski definition) is 2. The van der Waals surface area contributed by atoms with E-state index in [2.05, 4.69) is 43.9 Å². The van der Waals surface area contributed by atoms with Crippen LogP contribution in [0, 0.1) is 12.8 Å². The molecule has 3 rings (SSSR count). The molecule has 0 bridgehead atoms. The summed E-state index contributed by atoms with van der Waals surface area (Å²) in [5.41, 5.74) is 1.06. The van der Waals surface area contributed by atoms with E-state index in [9.17, 15) is 4.79 Å². The number of carbonyl (C=O) groups is 1. The molecular weight excluding hydrogens is 366 g/mol. The number of aryl methyl sites for hydroxylation is 1. The van der Waals surface area contributed by atoms with Crippen molar-refractivity contribution in [2.24, 2.45) is 10.9 Å². The maximum atomic E-state index is 12.2. The van der Waals surface area contributed by atoms with Crippen molar-refractivity contribution in [3.63, 3.8) is 0 Å². The van der Waals surface area contributed by atoms with E-state index in [0.717, 1.165) is 37.6 Å². The third-order valence-corrected chi connectivity index (χ3v) is 5.24. The molecule has 8 nitrogen and oxygen atoms in total. The van der Waals surface area contributed by atoms with Crippen molar-refractivity contribution in [2.75, 3.05) is 31.5 Å². The van der Waals surface area contributed by atoms with Gasteiger partial charge in [-0.3, -0.25) is 9.79 Å². The summed E-state index contributed by atoms with van der Waals surface area (Å²) >= 11 is 0. The van der Waals surface area contributed by atoms with E-state index in [4.69, 9.17) is 4.99 Å². The molecule has 0 aromatic carbocycles. The zero-order chi connectivity index (χ0) is 20.6. The average Bonchev–Trinajstić information content (AvgIpc) is 3.24. The summed E-state index contributed by atoms with van der Waals surface area (Å²) in [6, 6.07) is 4.11. The van der Waals surface area contributed by atoms with Gasteiger partial charge >= 0.3 is 0 Å². The Balaban J connectivity index is 1.57. The Labute approximate surface area is 172 Å². The van der Waals surface area contributed by atoms with Crippen LogP contribution in [0.1, 0.15) is 38.3 Å². The molecule has 0 saturated carbocycles. The standard InChI is InChI=1S/C21H31N7O/c1-4-23-21(24-9-7-20(29)26-19-6-5-16(2)13-25-19)27-11-8-17(3)18(14-27)28-12-10-22-15-28/h5-6,10,12-13,15,17-18H,4,7-9,11,14H2,1-3H3,(H,23,24)(H,25,26,29). The lowest BCUT2D eigenvalue weighted by Crippen LogP contribution is -2.49. The van der Waals surface area contributed by atoms with Crippen molar-refractivity contribution in [1.82, 2.24) is 24.8 Å². The number of anilines is 1. The predicted molar refractivity (Wildman–Crippen MR) is 115 cm³/mol.